The number of hydrogen-bond acceptors (Lipinski definition) is 7. The van der Waals surface area contributed by atoms with E-state index in [9.17, 15) is 14.0 Å². The lowest BCUT2D eigenvalue weighted by Gasteiger charge is -2.32. The molecule has 1 aromatic carbocycles. The second-order valence-electron chi connectivity index (χ2n) is 9.37. The van der Waals surface area contributed by atoms with E-state index in [1.807, 2.05) is 0 Å². The highest BCUT2D eigenvalue weighted by Gasteiger charge is 2.33. The van der Waals surface area contributed by atoms with Crippen LogP contribution >= 0.6 is 0 Å². The summed E-state index contributed by atoms with van der Waals surface area (Å²) in [5.41, 5.74) is 1.29. The van der Waals surface area contributed by atoms with E-state index in [1.54, 1.807) is 55.7 Å². The Labute approximate surface area is 218 Å². The van der Waals surface area contributed by atoms with Gasteiger partial charge in [0, 0.05) is 25.0 Å². The topological polar surface area (TPSA) is 119 Å². The summed E-state index contributed by atoms with van der Waals surface area (Å²) >= 11 is 0. The van der Waals surface area contributed by atoms with Crippen molar-refractivity contribution in [2.45, 2.75) is 57.8 Å². The van der Waals surface area contributed by atoms with Crippen molar-refractivity contribution < 1.29 is 18.4 Å². The van der Waals surface area contributed by atoms with Gasteiger partial charge in [0.15, 0.2) is 5.76 Å². The van der Waals surface area contributed by atoms with Gasteiger partial charge in [-0.3, -0.25) is 14.6 Å². The van der Waals surface area contributed by atoms with Crippen LogP contribution in [0.15, 0.2) is 65.3 Å². The van der Waals surface area contributed by atoms with E-state index in [0.29, 0.717) is 22.6 Å². The summed E-state index contributed by atoms with van der Waals surface area (Å²) < 4.78 is 19.2. The van der Waals surface area contributed by atoms with Gasteiger partial charge in [-0.1, -0.05) is 25.0 Å². The molecule has 0 aliphatic heterocycles. The maximum atomic E-state index is 13.8. The van der Waals surface area contributed by atoms with Crippen molar-refractivity contribution in [3.8, 4) is 11.6 Å². The van der Waals surface area contributed by atoms with Crippen LogP contribution in [0.4, 0.5) is 4.39 Å². The largest absolute Gasteiger partial charge is 0.458 e. The maximum Gasteiger partial charge on any atom is 0.247 e. The smallest absolute Gasteiger partial charge is 0.247 e. The monoisotopic (exact) mass is 517 g/mol. The van der Waals surface area contributed by atoms with Crippen LogP contribution in [0.25, 0.3) is 11.6 Å². The number of nitrogens with one attached hydrogen (secondary N) is 1. The van der Waals surface area contributed by atoms with Crippen molar-refractivity contribution >= 4 is 11.8 Å². The first-order chi connectivity index (χ1) is 18.5. The molecule has 3 heterocycles. The number of pyridine rings is 1. The van der Waals surface area contributed by atoms with Crippen molar-refractivity contribution in [3.63, 3.8) is 0 Å². The Balaban J connectivity index is 1.45. The van der Waals surface area contributed by atoms with Gasteiger partial charge < -0.3 is 14.6 Å². The predicted molar refractivity (Wildman–Crippen MR) is 135 cm³/mol. The average Bonchev–Trinajstić information content (AvgIpc) is 3.68. The molecule has 1 saturated carbocycles. The van der Waals surface area contributed by atoms with E-state index < -0.39 is 11.9 Å². The molecular weight excluding hydrogens is 489 g/mol. The number of aryl methyl sites for hydroxylation is 1. The number of carbonyl (C=O) groups excluding carboxylic acids is 2. The highest BCUT2D eigenvalue weighted by molar-refractivity contribution is 5.88. The number of carbonyl (C=O) groups is 2. The van der Waals surface area contributed by atoms with Crippen LogP contribution in [0.1, 0.15) is 48.6 Å². The second-order valence-corrected chi connectivity index (χ2v) is 9.37. The highest BCUT2D eigenvalue weighted by atomic mass is 19.1. The molecule has 10 nitrogen and oxygen atoms in total. The fourth-order valence-electron chi connectivity index (χ4n) is 4.65. The summed E-state index contributed by atoms with van der Waals surface area (Å²) in [6, 6.07) is 11.9. The molecule has 196 valence electrons. The summed E-state index contributed by atoms with van der Waals surface area (Å²) in [6.07, 6.45) is 7.08. The van der Waals surface area contributed by atoms with E-state index in [4.69, 9.17) is 4.42 Å². The van der Waals surface area contributed by atoms with Crippen molar-refractivity contribution in [2.24, 2.45) is 0 Å². The molecule has 1 aliphatic rings. The van der Waals surface area contributed by atoms with Crippen molar-refractivity contribution in [2.75, 3.05) is 0 Å². The molecule has 11 heteroatoms. The third kappa shape index (κ3) is 5.93. The van der Waals surface area contributed by atoms with Gasteiger partial charge in [0.2, 0.25) is 17.6 Å². The average molecular weight is 518 g/mol. The molecule has 1 fully saturated rings. The molecule has 0 unspecified atom stereocenters. The zero-order chi connectivity index (χ0) is 26.5. The third-order valence-corrected chi connectivity index (χ3v) is 6.56. The fraction of sp³-hybridized carbons (Fsp3) is 0.333. The van der Waals surface area contributed by atoms with Gasteiger partial charge in [0.05, 0.1) is 0 Å². The first-order valence-electron chi connectivity index (χ1n) is 12.5. The lowest BCUT2D eigenvalue weighted by Crippen LogP contribution is -2.46. The standard InChI is InChI=1S/C27H28FN7O3/c1-18-6-11-23(38-18)26-31-33-35(32-26)17-24(36)34(16-19-7-9-21(28)10-8-19)25(20-12-14-29-15-13-20)27(37)30-22-4-2-3-5-22/h6-15,22,25H,2-5,16-17H2,1H3,(H,30,37)/t25-/m0/s1. The molecule has 1 aliphatic carbocycles. The summed E-state index contributed by atoms with van der Waals surface area (Å²) in [5.74, 6) is 0.319. The molecule has 0 radical (unpaired) electrons. The van der Waals surface area contributed by atoms with E-state index in [2.05, 4.69) is 25.7 Å². The number of hydrogen-bond donors (Lipinski definition) is 1. The summed E-state index contributed by atoms with van der Waals surface area (Å²) in [7, 11) is 0. The van der Waals surface area contributed by atoms with Gasteiger partial charge in [-0.05, 0) is 72.5 Å². The maximum absolute atomic E-state index is 13.8. The van der Waals surface area contributed by atoms with Crippen LogP contribution in [0.5, 0.6) is 0 Å². The van der Waals surface area contributed by atoms with Crippen molar-refractivity contribution in [1.82, 2.24) is 35.4 Å². The minimum Gasteiger partial charge on any atom is -0.458 e. The first-order valence-corrected chi connectivity index (χ1v) is 12.5. The van der Waals surface area contributed by atoms with Crippen LogP contribution in [0.2, 0.25) is 0 Å². The van der Waals surface area contributed by atoms with Crippen LogP contribution in [-0.2, 0) is 22.7 Å². The summed E-state index contributed by atoms with van der Waals surface area (Å²) in [5, 5.41) is 15.4. The number of tetrazole rings is 1. The molecule has 0 bridgehead atoms. The highest BCUT2D eigenvalue weighted by Crippen LogP contribution is 2.26. The quantitative estimate of drug-likeness (QED) is 0.360. The van der Waals surface area contributed by atoms with Gasteiger partial charge in [-0.2, -0.15) is 4.80 Å². The molecule has 0 saturated heterocycles. The zero-order valence-electron chi connectivity index (χ0n) is 21.0. The Morgan fingerprint density at radius 1 is 1.11 bits per heavy atom. The van der Waals surface area contributed by atoms with Crippen LogP contribution < -0.4 is 5.32 Å². The number of rotatable bonds is 9. The van der Waals surface area contributed by atoms with E-state index >= 15 is 0 Å². The lowest BCUT2D eigenvalue weighted by molar-refractivity contribution is -0.142. The van der Waals surface area contributed by atoms with Crippen LogP contribution in [0.3, 0.4) is 0 Å². The zero-order valence-corrected chi connectivity index (χ0v) is 21.0. The molecule has 3 aromatic heterocycles. The number of furan rings is 1. The molecule has 1 atom stereocenters. The van der Waals surface area contributed by atoms with E-state index in [1.165, 1.54) is 21.8 Å². The third-order valence-electron chi connectivity index (χ3n) is 6.56. The Hall–Kier alpha value is -4.41. The predicted octanol–water partition coefficient (Wildman–Crippen LogP) is 3.60. The summed E-state index contributed by atoms with van der Waals surface area (Å²) in [6.45, 7) is 1.62. The molecule has 38 heavy (non-hydrogen) atoms. The van der Waals surface area contributed by atoms with Gasteiger partial charge >= 0.3 is 0 Å². The SMILES string of the molecule is Cc1ccc(-c2nnn(CC(=O)N(Cc3ccc(F)cc3)[C@H](C(=O)NC3CCCC3)c3ccncc3)n2)o1. The Bertz CT molecular complexity index is 1380. The van der Waals surface area contributed by atoms with Gasteiger partial charge in [0.1, 0.15) is 24.2 Å². The van der Waals surface area contributed by atoms with Gasteiger partial charge in [0.25, 0.3) is 0 Å². The first kappa shape index (κ1) is 25.2. The molecule has 1 N–H and O–H groups in total. The van der Waals surface area contributed by atoms with Crippen molar-refractivity contribution in [3.05, 3.63) is 83.6 Å². The van der Waals surface area contributed by atoms with Gasteiger partial charge in [-0.15, -0.1) is 10.2 Å². The second kappa shape index (κ2) is 11.3. The molecule has 5 rings (SSSR count). The summed E-state index contributed by atoms with van der Waals surface area (Å²) in [4.78, 5) is 34.2. The Kier molecular flexibility index (Phi) is 7.52. The fourth-order valence-corrected chi connectivity index (χ4v) is 4.65. The Morgan fingerprint density at radius 3 is 2.53 bits per heavy atom. The van der Waals surface area contributed by atoms with Gasteiger partial charge in [-0.25, -0.2) is 4.39 Å². The number of halogens is 1. The van der Waals surface area contributed by atoms with Crippen molar-refractivity contribution in [1.29, 1.82) is 0 Å². The van der Waals surface area contributed by atoms with Crippen LogP contribution in [0, 0.1) is 12.7 Å². The van der Waals surface area contributed by atoms with E-state index in [-0.39, 0.29) is 36.7 Å². The number of benzene rings is 1. The minimum atomic E-state index is -0.938. The molecule has 0 spiro atoms. The number of aromatic nitrogens is 5. The molecule has 2 amide bonds. The molecular formula is C27H28FN7O3. The number of amides is 2. The number of nitrogens with zero attached hydrogens (tertiary/aromatic N) is 6. The normalized spacial score (nSPS) is 14.4. The Morgan fingerprint density at radius 2 is 1.84 bits per heavy atom. The minimum absolute atomic E-state index is 0.0610. The van der Waals surface area contributed by atoms with Crippen LogP contribution in [-0.4, -0.2) is 47.9 Å². The molecule has 4 aromatic rings. The lowest BCUT2D eigenvalue weighted by atomic mass is 10.0. The van der Waals surface area contributed by atoms with E-state index in [0.717, 1.165) is 25.7 Å².